The second kappa shape index (κ2) is 9.24. The van der Waals surface area contributed by atoms with Crippen LogP contribution in [-0.4, -0.2) is 15.5 Å². The number of furan rings is 1. The molecule has 0 aliphatic carbocycles. The molecule has 0 aliphatic rings. The Balaban J connectivity index is 0.00000245. The fraction of sp³-hybridized carbons (Fsp3) is 0.0769. The summed E-state index contributed by atoms with van der Waals surface area (Å²) in [5, 5.41) is 10.5. The largest absolute Gasteiger partial charge is 1.00 e. The maximum Gasteiger partial charge on any atom is 0.245 e. The minimum Gasteiger partial charge on any atom is -1.00 e. The Morgan fingerprint density at radius 1 is 0.969 bits per heavy atom. The van der Waals surface area contributed by atoms with Crippen LogP contribution in [-0.2, 0) is 6.54 Å². The maximum atomic E-state index is 12.6. The summed E-state index contributed by atoms with van der Waals surface area (Å²) in [7, 11) is 0. The van der Waals surface area contributed by atoms with E-state index in [4.69, 9.17) is 4.42 Å². The molecule has 0 saturated carbocycles. The zero-order valence-electron chi connectivity index (χ0n) is 17.1. The maximum absolute atomic E-state index is 12.6. The number of carbonyl (C=O) groups is 1. The van der Waals surface area contributed by atoms with Gasteiger partial charge in [0.1, 0.15) is 23.7 Å². The SMILES string of the molecule is O=C(C[n+]1ccn(C(c2ccccc2)c2cc3ccccc3o2)c1)c1ccc(O)cc1.[Br-]. The molecular weight excluding hydrogens is 468 g/mol. The molecule has 5 aromatic rings. The molecule has 5 nitrogen and oxygen atoms in total. The predicted molar refractivity (Wildman–Crippen MR) is 117 cm³/mol. The third-order valence-electron chi connectivity index (χ3n) is 5.35. The molecule has 1 unspecified atom stereocenters. The van der Waals surface area contributed by atoms with Gasteiger partial charge in [-0.05, 0) is 36.4 Å². The number of halogens is 1. The first-order valence-electron chi connectivity index (χ1n) is 10.1. The van der Waals surface area contributed by atoms with Crippen molar-refractivity contribution in [2.45, 2.75) is 12.6 Å². The monoisotopic (exact) mass is 488 g/mol. The molecule has 0 bridgehead atoms. The third-order valence-corrected chi connectivity index (χ3v) is 5.35. The van der Waals surface area contributed by atoms with Gasteiger partial charge in [-0.2, -0.15) is 0 Å². The molecule has 0 saturated heterocycles. The second-order valence-electron chi connectivity index (χ2n) is 7.50. The van der Waals surface area contributed by atoms with Crippen molar-refractivity contribution in [3.63, 3.8) is 0 Å². The number of phenols is 1. The standard InChI is InChI=1S/C26H20N2O3.BrH/c29-22-12-10-19(11-13-22)23(30)17-27-14-15-28(18-27)26(20-6-2-1-3-7-20)25-16-21-8-4-5-9-24(21)31-25;/h1-16,18,26H,17H2;1H. The van der Waals surface area contributed by atoms with E-state index in [0.717, 1.165) is 22.3 Å². The fourth-order valence-corrected chi connectivity index (χ4v) is 3.82. The first kappa shape index (κ1) is 21.6. The lowest BCUT2D eigenvalue weighted by Gasteiger charge is -2.11. The van der Waals surface area contributed by atoms with E-state index in [0.29, 0.717) is 5.56 Å². The minimum atomic E-state index is -0.154. The van der Waals surface area contributed by atoms with Gasteiger partial charge < -0.3 is 26.5 Å². The summed E-state index contributed by atoms with van der Waals surface area (Å²) < 4.78 is 10.1. The lowest BCUT2D eigenvalue weighted by atomic mass is 10.0. The third kappa shape index (κ3) is 4.36. The molecule has 2 aromatic heterocycles. The van der Waals surface area contributed by atoms with E-state index in [1.54, 1.807) is 12.1 Å². The first-order chi connectivity index (χ1) is 15.2. The van der Waals surface area contributed by atoms with Gasteiger partial charge in [0.2, 0.25) is 12.1 Å². The number of para-hydroxylation sites is 1. The minimum absolute atomic E-state index is 0. The number of fused-ring (bicyclic) bond motifs is 1. The molecule has 160 valence electrons. The van der Waals surface area contributed by atoms with Crippen molar-refractivity contribution < 1.29 is 35.9 Å². The van der Waals surface area contributed by atoms with Crippen molar-refractivity contribution >= 4 is 16.8 Å². The van der Waals surface area contributed by atoms with E-state index >= 15 is 0 Å². The number of ketones is 1. The van der Waals surface area contributed by atoms with E-state index in [-0.39, 0.29) is 41.1 Å². The number of Topliss-reactive ketones (excluding diaryl/α,β-unsaturated/α-hetero) is 1. The number of rotatable bonds is 6. The van der Waals surface area contributed by atoms with Crippen molar-refractivity contribution in [1.82, 2.24) is 4.57 Å². The van der Waals surface area contributed by atoms with E-state index in [2.05, 4.69) is 22.8 Å². The van der Waals surface area contributed by atoms with Crippen LogP contribution in [0.25, 0.3) is 11.0 Å². The van der Waals surface area contributed by atoms with Crippen LogP contribution in [0.5, 0.6) is 5.75 Å². The van der Waals surface area contributed by atoms with Crippen molar-refractivity contribution in [1.29, 1.82) is 0 Å². The molecule has 0 fully saturated rings. The van der Waals surface area contributed by atoms with Gasteiger partial charge in [-0.1, -0.05) is 48.5 Å². The van der Waals surface area contributed by atoms with Gasteiger partial charge in [0.15, 0.2) is 18.3 Å². The average Bonchev–Trinajstić information content (AvgIpc) is 3.42. The van der Waals surface area contributed by atoms with E-state index in [1.165, 1.54) is 12.1 Å². The molecular formula is C26H21BrN2O3. The zero-order valence-corrected chi connectivity index (χ0v) is 18.7. The number of hydrogen-bond acceptors (Lipinski definition) is 3. The Kier molecular flexibility index (Phi) is 6.23. The molecule has 32 heavy (non-hydrogen) atoms. The summed E-state index contributed by atoms with van der Waals surface area (Å²) in [5.41, 5.74) is 2.50. The molecule has 6 heteroatoms. The zero-order chi connectivity index (χ0) is 21.2. The Bertz CT molecular complexity index is 1310. The van der Waals surface area contributed by atoms with Crippen LogP contribution in [0.1, 0.15) is 27.7 Å². The number of nitrogens with zero attached hydrogens (tertiary/aromatic N) is 2. The molecule has 0 aliphatic heterocycles. The van der Waals surface area contributed by atoms with Crippen LogP contribution in [0, 0.1) is 0 Å². The second-order valence-corrected chi connectivity index (χ2v) is 7.50. The van der Waals surface area contributed by atoms with E-state index < -0.39 is 0 Å². The van der Waals surface area contributed by atoms with Gasteiger partial charge in [-0.3, -0.25) is 4.79 Å². The highest BCUT2D eigenvalue weighted by Crippen LogP contribution is 2.31. The Morgan fingerprint density at radius 3 is 2.44 bits per heavy atom. The lowest BCUT2D eigenvalue weighted by Crippen LogP contribution is -3.00. The highest BCUT2D eigenvalue weighted by molar-refractivity contribution is 5.95. The molecule has 2 heterocycles. The quantitative estimate of drug-likeness (QED) is 0.292. The van der Waals surface area contributed by atoms with Crippen LogP contribution in [0.2, 0.25) is 0 Å². The molecule has 0 amide bonds. The summed E-state index contributed by atoms with van der Waals surface area (Å²) in [4.78, 5) is 12.6. The smallest absolute Gasteiger partial charge is 0.245 e. The number of hydrogen-bond donors (Lipinski definition) is 1. The van der Waals surface area contributed by atoms with Crippen LogP contribution in [0.15, 0.2) is 108 Å². The van der Waals surface area contributed by atoms with Crippen LogP contribution in [0.4, 0.5) is 0 Å². The summed E-state index contributed by atoms with van der Waals surface area (Å²) in [5.74, 6) is 0.953. The molecule has 0 radical (unpaired) electrons. The Morgan fingerprint density at radius 2 is 1.69 bits per heavy atom. The average molecular weight is 489 g/mol. The van der Waals surface area contributed by atoms with Gasteiger partial charge in [0.25, 0.3) is 0 Å². The number of benzene rings is 3. The lowest BCUT2D eigenvalue weighted by molar-refractivity contribution is -0.682. The first-order valence-corrected chi connectivity index (χ1v) is 10.1. The van der Waals surface area contributed by atoms with Crippen molar-refractivity contribution in [2.75, 3.05) is 0 Å². The predicted octanol–water partition coefficient (Wildman–Crippen LogP) is 1.75. The summed E-state index contributed by atoms with van der Waals surface area (Å²) in [6, 6.07) is 26.4. The van der Waals surface area contributed by atoms with E-state index in [1.807, 2.05) is 65.8 Å². The van der Waals surface area contributed by atoms with Gasteiger partial charge in [0, 0.05) is 16.5 Å². The van der Waals surface area contributed by atoms with Crippen LogP contribution in [0.3, 0.4) is 0 Å². The topological polar surface area (TPSA) is 59.2 Å². The highest BCUT2D eigenvalue weighted by atomic mass is 79.9. The number of imidazole rings is 1. The van der Waals surface area contributed by atoms with Gasteiger partial charge in [-0.15, -0.1) is 0 Å². The number of aromatic hydroxyl groups is 1. The molecule has 1 N–H and O–H groups in total. The number of carbonyl (C=O) groups excluding carboxylic acids is 1. The normalized spacial score (nSPS) is 11.8. The highest BCUT2D eigenvalue weighted by Gasteiger charge is 2.26. The van der Waals surface area contributed by atoms with Crippen molar-refractivity contribution in [3.05, 3.63) is 121 Å². The van der Waals surface area contributed by atoms with Crippen molar-refractivity contribution in [2.24, 2.45) is 0 Å². The van der Waals surface area contributed by atoms with Gasteiger partial charge in [-0.25, -0.2) is 9.13 Å². The number of aromatic nitrogens is 2. The van der Waals surface area contributed by atoms with Crippen LogP contribution < -0.4 is 21.5 Å². The summed E-state index contributed by atoms with van der Waals surface area (Å²) in [6.07, 6.45) is 5.76. The number of phenolic OH excluding ortho intramolecular Hbond substituents is 1. The van der Waals surface area contributed by atoms with E-state index in [9.17, 15) is 9.90 Å². The fourth-order valence-electron chi connectivity index (χ4n) is 3.82. The Labute approximate surface area is 195 Å². The van der Waals surface area contributed by atoms with Gasteiger partial charge >= 0.3 is 0 Å². The van der Waals surface area contributed by atoms with Gasteiger partial charge in [0.05, 0.1) is 0 Å². The van der Waals surface area contributed by atoms with Crippen LogP contribution >= 0.6 is 0 Å². The molecule has 1 atom stereocenters. The molecule has 3 aromatic carbocycles. The molecule has 0 spiro atoms. The summed E-state index contributed by atoms with van der Waals surface area (Å²) >= 11 is 0. The Hall–Kier alpha value is -3.64. The molecule has 5 rings (SSSR count). The van der Waals surface area contributed by atoms with Crippen molar-refractivity contribution in [3.8, 4) is 5.75 Å². The summed E-state index contributed by atoms with van der Waals surface area (Å²) in [6.45, 7) is 0.208.